The second kappa shape index (κ2) is 6.48. The van der Waals surface area contributed by atoms with Gasteiger partial charge in [0.15, 0.2) is 6.10 Å². The average molecular weight is 373 g/mol. The van der Waals surface area contributed by atoms with Crippen molar-refractivity contribution in [3.8, 4) is 0 Å². The predicted molar refractivity (Wildman–Crippen MR) is 95.9 cm³/mol. The van der Waals surface area contributed by atoms with Gasteiger partial charge in [0, 0.05) is 10.0 Å². The first-order chi connectivity index (χ1) is 11.1. The molecule has 3 heteroatoms. The van der Waals surface area contributed by atoms with Crippen molar-refractivity contribution in [1.82, 2.24) is 0 Å². The third kappa shape index (κ3) is 3.07. The van der Waals surface area contributed by atoms with Gasteiger partial charge in [-0.2, -0.15) is 0 Å². The third-order valence-electron chi connectivity index (χ3n) is 5.04. The van der Waals surface area contributed by atoms with E-state index in [-0.39, 0.29) is 17.5 Å². The highest BCUT2D eigenvalue weighted by atomic mass is 79.9. The quantitative estimate of drug-likeness (QED) is 0.639. The number of halogens is 1. The Labute approximate surface area is 146 Å². The van der Waals surface area contributed by atoms with Crippen LogP contribution in [0.4, 0.5) is 0 Å². The molecule has 0 amide bonds. The van der Waals surface area contributed by atoms with Gasteiger partial charge in [-0.05, 0) is 42.4 Å². The first-order valence-electron chi connectivity index (χ1n) is 8.15. The van der Waals surface area contributed by atoms with Crippen molar-refractivity contribution >= 4 is 21.9 Å². The minimum absolute atomic E-state index is 0.172. The van der Waals surface area contributed by atoms with Crippen LogP contribution in [0.5, 0.6) is 0 Å². The van der Waals surface area contributed by atoms with Gasteiger partial charge in [0.1, 0.15) is 0 Å². The van der Waals surface area contributed by atoms with Gasteiger partial charge in [-0.15, -0.1) is 0 Å². The lowest BCUT2D eigenvalue weighted by Crippen LogP contribution is -2.15. The average Bonchev–Trinajstić information content (AvgIpc) is 2.84. The molecule has 0 saturated carbocycles. The van der Waals surface area contributed by atoms with Crippen molar-refractivity contribution in [3.63, 3.8) is 0 Å². The summed E-state index contributed by atoms with van der Waals surface area (Å²) in [6, 6.07) is 7.96. The number of carbonyl (C=O) groups excluding carboxylic acids is 1. The van der Waals surface area contributed by atoms with E-state index in [1.165, 1.54) is 0 Å². The number of benzene rings is 1. The Morgan fingerprint density at radius 1 is 1.17 bits per heavy atom. The number of hydrogen-bond acceptors (Lipinski definition) is 2. The number of ether oxygens (including phenoxy) is 1. The third-order valence-corrected chi connectivity index (χ3v) is 5.57. The van der Waals surface area contributed by atoms with Gasteiger partial charge >= 0.3 is 5.97 Å². The van der Waals surface area contributed by atoms with Crippen LogP contribution >= 0.6 is 15.9 Å². The summed E-state index contributed by atoms with van der Waals surface area (Å²) in [7, 11) is 0. The Morgan fingerprint density at radius 2 is 1.87 bits per heavy atom. The fourth-order valence-corrected chi connectivity index (χ4v) is 3.50. The highest BCUT2D eigenvalue weighted by Gasteiger charge is 2.34. The lowest BCUT2D eigenvalue weighted by molar-refractivity contribution is -0.139. The molecule has 0 aromatic heterocycles. The molecule has 1 heterocycles. The van der Waals surface area contributed by atoms with Crippen molar-refractivity contribution in [3.05, 3.63) is 69.8 Å². The second-order valence-electron chi connectivity index (χ2n) is 6.22. The number of esters is 1. The molecule has 2 nitrogen and oxygen atoms in total. The molecule has 0 saturated heterocycles. The van der Waals surface area contributed by atoms with Crippen LogP contribution in [0, 0.1) is 5.41 Å². The van der Waals surface area contributed by atoms with Gasteiger partial charge in [-0.1, -0.05) is 66.2 Å². The molecule has 0 N–H and O–H groups in total. The molecule has 0 fully saturated rings. The zero-order valence-electron chi connectivity index (χ0n) is 13.5. The van der Waals surface area contributed by atoms with E-state index in [2.05, 4.69) is 48.0 Å². The van der Waals surface area contributed by atoms with Crippen molar-refractivity contribution < 1.29 is 9.53 Å². The summed E-state index contributed by atoms with van der Waals surface area (Å²) >= 11 is 3.45. The Bertz CT molecular complexity index is 691. The van der Waals surface area contributed by atoms with Crippen LogP contribution in [0.25, 0.3) is 0 Å². The van der Waals surface area contributed by atoms with Crippen molar-refractivity contribution in [2.24, 2.45) is 5.41 Å². The van der Waals surface area contributed by atoms with Crippen LogP contribution in [0.2, 0.25) is 0 Å². The summed E-state index contributed by atoms with van der Waals surface area (Å²) in [6.45, 7) is 4.45. The van der Waals surface area contributed by atoms with Crippen LogP contribution in [0.15, 0.2) is 64.2 Å². The van der Waals surface area contributed by atoms with Crippen molar-refractivity contribution in [2.45, 2.75) is 39.2 Å². The number of carbonyl (C=O) groups is 1. The van der Waals surface area contributed by atoms with E-state index in [1.54, 1.807) is 0 Å². The molecule has 23 heavy (non-hydrogen) atoms. The topological polar surface area (TPSA) is 26.3 Å². The fourth-order valence-electron chi connectivity index (χ4n) is 3.24. The lowest BCUT2D eigenvalue weighted by atomic mass is 9.77. The molecular formula is C20H21BrO2. The first-order valence-corrected chi connectivity index (χ1v) is 8.94. The zero-order valence-corrected chi connectivity index (χ0v) is 15.1. The Balaban J connectivity index is 2.03. The summed E-state index contributed by atoms with van der Waals surface area (Å²) in [4.78, 5) is 12.3. The monoisotopic (exact) mass is 372 g/mol. The smallest absolute Gasteiger partial charge is 0.339 e. The summed E-state index contributed by atoms with van der Waals surface area (Å²) in [5.74, 6) is -0.227. The van der Waals surface area contributed by atoms with E-state index in [4.69, 9.17) is 4.74 Å². The second-order valence-corrected chi connectivity index (χ2v) is 7.13. The normalized spacial score (nSPS) is 25.3. The molecular weight excluding hydrogens is 352 g/mol. The van der Waals surface area contributed by atoms with E-state index >= 15 is 0 Å². The Kier molecular flexibility index (Phi) is 4.58. The maximum atomic E-state index is 12.3. The van der Waals surface area contributed by atoms with E-state index in [0.717, 1.165) is 34.9 Å². The van der Waals surface area contributed by atoms with E-state index in [9.17, 15) is 4.79 Å². The van der Waals surface area contributed by atoms with Gasteiger partial charge < -0.3 is 4.74 Å². The van der Waals surface area contributed by atoms with Crippen LogP contribution in [-0.2, 0) is 9.53 Å². The SMILES string of the molecule is CCC1(CC)/C=C\C2=C(/C=C\C1)C(=O)OC2c1ccc(Br)cc1. The molecule has 0 radical (unpaired) electrons. The van der Waals surface area contributed by atoms with E-state index in [1.807, 2.05) is 30.3 Å². The van der Waals surface area contributed by atoms with Crippen LogP contribution < -0.4 is 0 Å². The largest absolute Gasteiger partial charge is 0.449 e. The molecule has 120 valence electrons. The number of allylic oxidation sites excluding steroid dienone is 2. The standard InChI is InChI=1S/C20H21BrO2/c1-3-20(4-2)12-5-6-17-16(11-13-20)18(23-19(17)22)14-7-9-15(21)10-8-14/h5-11,13,18H,3-4,12H2,1-2H3/b6-5-,13-11-. The molecule has 1 aliphatic heterocycles. The maximum absolute atomic E-state index is 12.3. The molecule has 3 rings (SSSR count). The van der Waals surface area contributed by atoms with Gasteiger partial charge in [0.2, 0.25) is 0 Å². The highest BCUT2D eigenvalue weighted by molar-refractivity contribution is 9.10. The molecule has 1 aromatic carbocycles. The number of cyclic esters (lactones) is 1. The Hall–Kier alpha value is -1.61. The summed E-state index contributed by atoms with van der Waals surface area (Å²) in [5, 5.41) is 0. The Morgan fingerprint density at radius 3 is 2.52 bits per heavy atom. The molecule has 1 unspecified atom stereocenters. The zero-order chi connectivity index (χ0) is 16.4. The molecule has 0 spiro atoms. The van der Waals surface area contributed by atoms with Crippen LogP contribution in [0.1, 0.15) is 44.8 Å². The van der Waals surface area contributed by atoms with Gasteiger partial charge in [0.25, 0.3) is 0 Å². The van der Waals surface area contributed by atoms with Crippen LogP contribution in [-0.4, -0.2) is 5.97 Å². The van der Waals surface area contributed by atoms with Crippen LogP contribution in [0.3, 0.4) is 0 Å². The first kappa shape index (κ1) is 16.3. The molecule has 0 bridgehead atoms. The molecule has 1 atom stereocenters. The van der Waals surface area contributed by atoms with Crippen molar-refractivity contribution in [1.29, 1.82) is 0 Å². The molecule has 2 aliphatic rings. The van der Waals surface area contributed by atoms with Gasteiger partial charge in [-0.3, -0.25) is 0 Å². The maximum Gasteiger partial charge on any atom is 0.339 e. The van der Waals surface area contributed by atoms with Crippen molar-refractivity contribution in [2.75, 3.05) is 0 Å². The summed E-state index contributed by atoms with van der Waals surface area (Å²) < 4.78 is 6.67. The number of rotatable bonds is 3. The van der Waals surface area contributed by atoms with E-state index in [0.29, 0.717) is 5.57 Å². The minimum Gasteiger partial charge on any atom is -0.449 e. The van der Waals surface area contributed by atoms with Gasteiger partial charge in [0.05, 0.1) is 5.57 Å². The minimum atomic E-state index is -0.309. The number of hydrogen-bond donors (Lipinski definition) is 0. The summed E-state index contributed by atoms with van der Waals surface area (Å²) in [5.41, 5.74) is 2.84. The molecule has 1 aromatic rings. The van der Waals surface area contributed by atoms with Gasteiger partial charge in [-0.25, -0.2) is 4.79 Å². The van der Waals surface area contributed by atoms with E-state index < -0.39 is 0 Å². The fraction of sp³-hybridized carbons (Fsp3) is 0.350. The predicted octanol–water partition coefficient (Wildman–Crippen LogP) is 5.67. The summed E-state index contributed by atoms with van der Waals surface area (Å²) in [6.07, 6.45) is 11.3. The molecule has 1 aliphatic carbocycles. The highest BCUT2D eigenvalue weighted by Crippen LogP contribution is 2.41. The lowest BCUT2D eigenvalue weighted by Gasteiger charge is -2.27.